The number of thiazole rings is 1. The molecule has 29 heavy (non-hydrogen) atoms. The van der Waals surface area contributed by atoms with Gasteiger partial charge < -0.3 is 9.64 Å². The van der Waals surface area contributed by atoms with Crippen LogP contribution < -0.4 is 5.32 Å². The fourth-order valence-electron chi connectivity index (χ4n) is 4.34. The molecule has 1 atom stereocenters. The molecule has 2 fully saturated rings. The number of ether oxygens (including phenoxy) is 1. The molecule has 6 nitrogen and oxygen atoms in total. The van der Waals surface area contributed by atoms with Gasteiger partial charge in [-0.2, -0.15) is 0 Å². The minimum absolute atomic E-state index is 0.0132. The van der Waals surface area contributed by atoms with E-state index in [0.29, 0.717) is 23.8 Å². The first kappa shape index (κ1) is 22.4. The highest BCUT2D eigenvalue weighted by Gasteiger charge is 2.34. The molecule has 1 heterocycles. The summed E-state index contributed by atoms with van der Waals surface area (Å²) in [6.45, 7) is 6.32. The van der Waals surface area contributed by atoms with Crippen molar-refractivity contribution in [3.8, 4) is 0 Å². The maximum Gasteiger partial charge on any atom is 0.324 e. The molecule has 2 aliphatic rings. The third-order valence-electron chi connectivity index (χ3n) is 5.94. The lowest BCUT2D eigenvalue weighted by Crippen LogP contribution is -2.49. The number of carbonyl (C=O) groups excluding carboxylic acids is 2. The molecule has 1 aromatic heterocycles. The molecule has 0 spiro atoms. The Morgan fingerprint density at radius 2 is 1.90 bits per heavy atom. The molecule has 1 unspecified atom stereocenters. The fourth-order valence-corrected chi connectivity index (χ4v) is 6.37. The Balaban J connectivity index is 1.62. The third kappa shape index (κ3) is 6.10. The number of aromatic nitrogens is 1. The van der Waals surface area contributed by atoms with Crippen LogP contribution in [0, 0.1) is 5.92 Å². The number of urea groups is 1. The van der Waals surface area contributed by atoms with E-state index in [9.17, 15) is 9.59 Å². The van der Waals surface area contributed by atoms with Crippen LogP contribution in [0.2, 0.25) is 0 Å². The van der Waals surface area contributed by atoms with Crippen LogP contribution in [-0.2, 0) is 9.53 Å². The number of rotatable bonds is 7. The fraction of sp³-hybridized carbons (Fsp3) is 0.762. The number of nitrogens with one attached hydrogen (secondary N) is 1. The van der Waals surface area contributed by atoms with Crippen molar-refractivity contribution >= 4 is 40.2 Å². The summed E-state index contributed by atoms with van der Waals surface area (Å²) < 4.78 is 5.96. The summed E-state index contributed by atoms with van der Waals surface area (Å²) in [7, 11) is 0. The van der Waals surface area contributed by atoms with Crippen molar-refractivity contribution < 1.29 is 14.3 Å². The second-order valence-corrected chi connectivity index (χ2v) is 10.9. The van der Waals surface area contributed by atoms with Gasteiger partial charge in [0.1, 0.15) is 5.25 Å². The van der Waals surface area contributed by atoms with Crippen LogP contribution in [0.25, 0.3) is 0 Å². The van der Waals surface area contributed by atoms with Gasteiger partial charge in [0.25, 0.3) is 0 Å². The van der Waals surface area contributed by atoms with E-state index >= 15 is 0 Å². The van der Waals surface area contributed by atoms with E-state index in [2.05, 4.69) is 22.1 Å². The van der Waals surface area contributed by atoms with Gasteiger partial charge >= 0.3 is 12.0 Å². The van der Waals surface area contributed by atoms with Gasteiger partial charge in [0.15, 0.2) is 5.13 Å². The third-order valence-corrected chi connectivity index (χ3v) is 8.07. The number of nitrogens with zero attached hydrogens (tertiary/aromatic N) is 2. The van der Waals surface area contributed by atoms with Gasteiger partial charge in [-0.25, -0.2) is 9.78 Å². The summed E-state index contributed by atoms with van der Waals surface area (Å²) in [5.74, 6) is 0.537. The second-order valence-electron chi connectivity index (χ2n) is 8.19. The normalized spacial score (nSPS) is 23.6. The zero-order valence-corrected chi connectivity index (χ0v) is 19.3. The van der Waals surface area contributed by atoms with Crippen LogP contribution in [0.4, 0.5) is 9.93 Å². The highest BCUT2D eigenvalue weighted by Crippen LogP contribution is 2.35. The number of anilines is 1. The molecule has 2 amide bonds. The monoisotopic (exact) mass is 439 g/mol. The molecule has 8 heteroatoms. The van der Waals surface area contributed by atoms with Crippen LogP contribution in [0.1, 0.15) is 72.1 Å². The molecule has 1 N–H and O–H groups in total. The van der Waals surface area contributed by atoms with E-state index in [0.717, 1.165) is 35.8 Å². The van der Waals surface area contributed by atoms with E-state index < -0.39 is 0 Å². The van der Waals surface area contributed by atoms with Crippen LogP contribution in [0.5, 0.6) is 0 Å². The zero-order valence-electron chi connectivity index (χ0n) is 17.7. The van der Waals surface area contributed by atoms with Gasteiger partial charge in [0.05, 0.1) is 17.0 Å². The van der Waals surface area contributed by atoms with Crippen molar-refractivity contribution in [2.24, 2.45) is 5.92 Å². The van der Waals surface area contributed by atoms with Crippen molar-refractivity contribution in [1.29, 1.82) is 0 Å². The minimum atomic E-state index is -0.293. The lowest BCUT2D eigenvalue weighted by Gasteiger charge is -2.39. The predicted molar refractivity (Wildman–Crippen MR) is 119 cm³/mol. The maximum absolute atomic E-state index is 13.2. The number of thioether (sulfide) groups is 1. The summed E-state index contributed by atoms with van der Waals surface area (Å²) >= 11 is 2.84. The van der Waals surface area contributed by atoms with Gasteiger partial charge in [-0.1, -0.05) is 42.9 Å². The van der Waals surface area contributed by atoms with Crippen molar-refractivity contribution in [2.45, 2.75) is 93.7 Å². The van der Waals surface area contributed by atoms with Crippen LogP contribution in [-0.4, -0.2) is 45.8 Å². The van der Waals surface area contributed by atoms with Crippen molar-refractivity contribution in [2.75, 3.05) is 11.9 Å². The number of esters is 1. The second kappa shape index (κ2) is 10.7. The average molecular weight is 440 g/mol. The molecule has 2 saturated carbocycles. The smallest absolute Gasteiger partial charge is 0.324 e. The van der Waals surface area contributed by atoms with Crippen molar-refractivity contribution in [3.05, 3.63) is 6.20 Å². The largest absolute Gasteiger partial charge is 0.465 e. The van der Waals surface area contributed by atoms with E-state index in [-0.39, 0.29) is 17.3 Å². The molecule has 0 bridgehead atoms. The van der Waals surface area contributed by atoms with Crippen LogP contribution in [0.3, 0.4) is 0 Å². The molecule has 0 radical (unpaired) electrons. The summed E-state index contributed by atoms with van der Waals surface area (Å²) in [4.78, 5) is 31.5. The first-order valence-electron chi connectivity index (χ1n) is 10.9. The van der Waals surface area contributed by atoms with Gasteiger partial charge in [-0.3, -0.25) is 10.1 Å². The van der Waals surface area contributed by atoms with Crippen LogP contribution >= 0.6 is 23.1 Å². The van der Waals surface area contributed by atoms with Gasteiger partial charge in [-0.05, 0) is 58.3 Å². The number of amides is 2. The molecule has 0 saturated heterocycles. The summed E-state index contributed by atoms with van der Waals surface area (Å²) in [5.41, 5.74) is 0. The molecular weight excluding hydrogens is 406 g/mol. The first-order chi connectivity index (χ1) is 14.0. The van der Waals surface area contributed by atoms with Gasteiger partial charge in [-0.15, -0.1) is 0 Å². The highest BCUT2D eigenvalue weighted by molar-refractivity contribution is 8.02. The minimum Gasteiger partial charge on any atom is -0.465 e. The molecular formula is C21H33N3O3S2. The van der Waals surface area contributed by atoms with Gasteiger partial charge in [0, 0.05) is 12.1 Å². The summed E-state index contributed by atoms with van der Waals surface area (Å²) in [6.07, 6.45) is 11.0. The molecule has 1 aromatic rings. The number of hydrogen-bond acceptors (Lipinski definition) is 6. The Bertz CT molecular complexity index is 682. The van der Waals surface area contributed by atoms with Crippen molar-refractivity contribution in [1.82, 2.24) is 9.88 Å². The molecule has 162 valence electrons. The van der Waals surface area contributed by atoms with E-state index in [1.807, 2.05) is 6.92 Å². The topological polar surface area (TPSA) is 71.5 Å². The SMILES string of the molecule is CCOC(=O)C(C)Sc1cnc(NC(=O)N(C2CCCC2)C2CCC(C)CC2)s1. The Morgan fingerprint density at radius 1 is 1.24 bits per heavy atom. The molecule has 0 aromatic carbocycles. The van der Waals surface area contributed by atoms with Crippen LogP contribution in [0.15, 0.2) is 10.4 Å². The Hall–Kier alpha value is -1.28. The Kier molecular flexibility index (Phi) is 8.24. The van der Waals surface area contributed by atoms with E-state index in [4.69, 9.17) is 4.74 Å². The molecule has 3 rings (SSSR count). The first-order valence-corrected chi connectivity index (χ1v) is 12.6. The van der Waals surface area contributed by atoms with E-state index in [1.54, 1.807) is 13.1 Å². The standard InChI is InChI=1S/C21H33N3O3S2/c1-4-27-19(25)15(3)28-18-13-22-20(29-18)23-21(26)24(16-7-5-6-8-16)17-11-9-14(2)10-12-17/h13-17H,4-12H2,1-3H3,(H,22,23,26). The Labute approximate surface area is 182 Å². The van der Waals surface area contributed by atoms with E-state index in [1.165, 1.54) is 48.8 Å². The Morgan fingerprint density at radius 3 is 2.55 bits per heavy atom. The predicted octanol–water partition coefficient (Wildman–Crippen LogP) is 5.54. The molecule has 2 aliphatic carbocycles. The summed E-state index contributed by atoms with van der Waals surface area (Å²) in [5, 5.41) is 3.34. The molecule has 0 aliphatic heterocycles. The zero-order chi connectivity index (χ0) is 20.8. The lowest BCUT2D eigenvalue weighted by atomic mass is 9.86. The summed E-state index contributed by atoms with van der Waals surface area (Å²) in [6, 6.07) is 0.679. The average Bonchev–Trinajstić information content (AvgIpc) is 3.36. The quantitative estimate of drug-likeness (QED) is 0.446. The van der Waals surface area contributed by atoms with Crippen molar-refractivity contribution in [3.63, 3.8) is 0 Å². The lowest BCUT2D eigenvalue weighted by molar-refractivity contribution is -0.142. The van der Waals surface area contributed by atoms with Gasteiger partial charge in [0.2, 0.25) is 0 Å². The maximum atomic E-state index is 13.2. The highest BCUT2D eigenvalue weighted by atomic mass is 32.2. The number of hydrogen-bond donors (Lipinski definition) is 1. The number of carbonyl (C=O) groups is 2.